The second-order valence-electron chi connectivity index (χ2n) is 5.57. The molecular formula is C19H18ClN3OS. The lowest BCUT2D eigenvalue weighted by molar-refractivity contribution is 0.103. The topological polar surface area (TPSA) is 54.9 Å². The van der Waals surface area contributed by atoms with Gasteiger partial charge < -0.3 is 5.32 Å². The number of rotatable bonds is 5. The van der Waals surface area contributed by atoms with E-state index in [-0.39, 0.29) is 5.91 Å². The van der Waals surface area contributed by atoms with Gasteiger partial charge in [-0.05, 0) is 47.6 Å². The molecular weight excluding hydrogens is 354 g/mol. The van der Waals surface area contributed by atoms with E-state index in [0.717, 1.165) is 46.8 Å². The highest BCUT2D eigenvalue weighted by Gasteiger charge is 2.19. The standard InChI is InChI=1S/C19H18ClN3OS/c1-3-12-6-5-7-13(4-2)16(12)21-19(24)18-17(22-23-25-18)14-8-10-15(20)11-9-14/h5-11H,3-4H2,1-2H3,(H,21,24). The molecule has 1 N–H and O–H groups in total. The summed E-state index contributed by atoms with van der Waals surface area (Å²) in [4.78, 5) is 13.4. The highest BCUT2D eigenvalue weighted by molar-refractivity contribution is 7.08. The number of nitrogens with zero attached hydrogens (tertiary/aromatic N) is 2. The van der Waals surface area contributed by atoms with E-state index >= 15 is 0 Å². The van der Waals surface area contributed by atoms with Gasteiger partial charge in [0.1, 0.15) is 10.6 Å². The summed E-state index contributed by atoms with van der Waals surface area (Å²) >= 11 is 7.03. The van der Waals surface area contributed by atoms with Gasteiger partial charge >= 0.3 is 0 Å². The molecule has 0 saturated heterocycles. The van der Waals surface area contributed by atoms with Crippen molar-refractivity contribution in [3.05, 3.63) is 63.5 Å². The van der Waals surface area contributed by atoms with Gasteiger partial charge in [-0.1, -0.05) is 60.3 Å². The molecule has 0 aliphatic heterocycles. The van der Waals surface area contributed by atoms with Crippen molar-refractivity contribution in [1.82, 2.24) is 9.59 Å². The first-order chi connectivity index (χ1) is 12.1. The van der Waals surface area contributed by atoms with E-state index in [4.69, 9.17) is 11.6 Å². The van der Waals surface area contributed by atoms with Gasteiger partial charge in [-0.2, -0.15) is 0 Å². The van der Waals surface area contributed by atoms with Gasteiger partial charge in [0, 0.05) is 16.3 Å². The number of aromatic nitrogens is 2. The molecule has 0 spiro atoms. The van der Waals surface area contributed by atoms with Crippen LogP contribution in [0.3, 0.4) is 0 Å². The molecule has 4 nitrogen and oxygen atoms in total. The van der Waals surface area contributed by atoms with Gasteiger partial charge in [0.05, 0.1) is 0 Å². The quantitative estimate of drug-likeness (QED) is 0.667. The molecule has 3 rings (SSSR count). The van der Waals surface area contributed by atoms with Crippen LogP contribution in [0.1, 0.15) is 34.6 Å². The Hall–Kier alpha value is -2.24. The molecule has 3 aromatic rings. The van der Waals surface area contributed by atoms with Crippen molar-refractivity contribution in [2.24, 2.45) is 0 Å². The van der Waals surface area contributed by atoms with E-state index in [1.54, 1.807) is 12.1 Å². The van der Waals surface area contributed by atoms with E-state index in [2.05, 4.69) is 28.8 Å². The first-order valence-electron chi connectivity index (χ1n) is 8.14. The van der Waals surface area contributed by atoms with Crippen molar-refractivity contribution in [3.63, 3.8) is 0 Å². The van der Waals surface area contributed by atoms with Crippen LogP contribution in [0.25, 0.3) is 11.3 Å². The number of carbonyl (C=O) groups excluding carboxylic acids is 1. The maximum Gasteiger partial charge on any atom is 0.269 e. The highest BCUT2D eigenvalue weighted by atomic mass is 35.5. The van der Waals surface area contributed by atoms with Gasteiger partial charge in [0.15, 0.2) is 0 Å². The lowest BCUT2D eigenvalue weighted by Gasteiger charge is -2.14. The van der Waals surface area contributed by atoms with Gasteiger partial charge in [-0.15, -0.1) is 5.10 Å². The number of hydrogen-bond acceptors (Lipinski definition) is 4. The van der Waals surface area contributed by atoms with Crippen LogP contribution in [0.5, 0.6) is 0 Å². The molecule has 1 amide bonds. The predicted molar refractivity (Wildman–Crippen MR) is 104 cm³/mol. The summed E-state index contributed by atoms with van der Waals surface area (Å²) in [7, 11) is 0. The van der Waals surface area contributed by atoms with Gasteiger partial charge in [-0.25, -0.2) is 0 Å². The molecule has 128 valence electrons. The lowest BCUT2D eigenvalue weighted by Crippen LogP contribution is -2.14. The monoisotopic (exact) mass is 371 g/mol. The second-order valence-corrected chi connectivity index (χ2v) is 6.76. The number of halogens is 1. The van der Waals surface area contributed by atoms with Crippen molar-refractivity contribution in [1.29, 1.82) is 0 Å². The third-order valence-electron chi connectivity index (χ3n) is 4.05. The van der Waals surface area contributed by atoms with Crippen LogP contribution in [0.15, 0.2) is 42.5 Å². The zero-order valence-corrected chi connectivity index (χ0v) is 15.6. The van der Waals surface area contributed by atoms with Crippen molar-refractivity contribution in [2.75, 3.05) is 5.32 Å². The average molecular weight is 372 g/mol. The zero-order valence-electron chi connectivity index (χ0n) is 14.0. The molecule has 6 heteroatoms. The minimum absolute atomic E-state index is 0.185. The lowest BCUT2D eigenvalue weighted by atomic mass is 10.0. The van der Waals surface area contributed by atoms with Crippen molar-refractivity contribution < 1.29 is 4.79 Å². The Morgan fingerprint density at radius 2 is 1.72 bits per heavy atom. The van der Waals surface area contributed by atoms with Gasteiger partial charge in [-0.3, -0.25) is 4.79 Å². The third-order valence-corrected chi connectivity index (χ3v) is 5.03. The molecule has 2 aromatic carbocycles. The molecule has 0 atom stereocenters. The number of benzene rings is 2. The fraction of sp³-hybridized carbons (Fsp3) is 0.211. The summed E-state index contributed by atoms with van der Waals surface area (Å²) in [5, 5.41) is 7.84. The first kappa shape index (κ1) is 17.6. The van der Waals surface area contributed by atoms with Crippen molar-refractivity contribution in [2.45, 2.75) is 26.7 Å². The molecule has 0 fully saturated rings. The van der Waals surface area contributed by atoms with Crippen LogP contribution < -0.4 is 5.32 Å². The van der Waals surface area contributed by atoms with E-state index in [1.165, 1.54) is 0 Å². The Labute approximate surface area is 156 Å². The SMILES string of the molecule is CCc1cccc(CC)c1NC(=O)c1snnc1-c1ccc(Cl)cc1. The summed E-state index contributed by atoms with van der Waals surface area (Å²) in [6, 6.07) is 13.3. The molecule has 0 unspecified atom stereocenters. The van der Waals surface area contributed by atoms with Crippen LogP contribution in [0.2, 0.25) is 5.02 Å². The fourth-order valence-corrected chi connectivity index (χ4v) is 3.42. The van der Waals surface area contributed by atoms with Crippen LogP contribution in [-0.2, 0) is 12.8 Å². The molecule has 25 heavy (non-hydrogen) atoms. The van der Waals surface area contributed by atoms with Gasteiger partial charge in [0.2, 0.25) is 0 Å². The number of amides is 1. The summed E-state index contributed by atoms with van der Waals surface area (Å²) in [6.45, 7) is 4.16. The number of aryl methyl sites for hydroxylation is 2. The van der Waals surface area contributed by atoms with E-state index in [0.29, 0.717) is 15.6 Å². The number of nitrogens with one attached hydrogen (secondary N) is 1. The Kier molecular flexibility index (Phi) is 5.46. The summed E-state index contributed by atoms with van der Waals surface area (Å²) < 4.78 is 3.97. The van der Waals surface area contributed by atoms with E-state index in [1.807, 2.05) is 30.3 Å². The smallest absolute Gasteiger partial charge is 0.269 e. The minimum Gasteiger partial charge on any atom is -0.321 e. The van der Waals surface area contributed by atoms with Crippen LogP contribution in [0.4, 0.5) is 5.69 Å². The average Bonchev–Trinajstić information content (AvgIpc) is 3.12. The fourth-order valence-electron chi connectivity index (χ4n) is 2.71. The summed E-state index contributed by atoms with van der Waals surface area (Å²) in [6.07, 6.45) is 1.71. The zero-order chi connectivity index (χ0) is 17.8. The number of hydrogen-bond donors (Lipinski definition) is 1. The summed E-state index contributed by atoms with van der Waals surface area (Å²) in [5.74, 6) is -0.185. The molecule has 0 saturated carbocycles. The maximum absolute atomic E-state index is 12.9. The van der Waals surface area contributed by atoms with Crippen LogP contribution in [-0.4, -0.2) is 15.5 Å². The van der Waals surface area contributed by atoms with Crippen molar-refractivity contribution >= 4 is 34.7 Å². The van der Waals surface area contributed by atoms with E-state index < -0.39 is 0 Å². The Morgan fingerprint density at radius 1 is 1.08 bits per heavy atom. The number of carbonyl (C=O) groups is 1. The largest absolute Gasteiger partial charge is 0.321 e. The number of anilines is 1. The van der Waals surface area contributed by atoms with Gasteiger partial charge in [0.25, 0.3) is 5.91 Å². The summed E-state index contributed by atoms with van der Waals surface area (Å²) in [5.41, 5.74) is 4.54. The molecule has 1 aromatic heterocycles. The molecule has 0 aliphatic rings. The molecule has 0 radical (unpaired) electrons. The third kappa shape index (κ3) is 3.72. The first-order valence-corrected chi connectivity index (χ1v) is 9.29. The Balaban J connectivity index is 1.94. The van der Waals surface area contributed by atoms with Crippen molar-refractivity contribution in [3.8, 4) is 11.3 Å². The second kappa shape index (κ2) is 7.76. The molecule has 0 bridgehead atoms. The highest BCUT2D eigenvalue weighted by Crippen LogP contribution is 2.28. The minimum atomic E-state index is -0.185. The Morgan fingerprint density at radius 3 is 2.32 bits per heavy atom. The predicted octanol–water partition coefficient (Wildman–Crippen LogP) is 5.24. The van der Waals surface area contributed by atoms with Crippen LogP contribution in [0, 0.1) is 0 Å². The Bertz CT molecular complexity index is 868. The number of para-hydroxylation sites is 1. The van der Waals surface area contributed by atoms with E-state index in [9.17, 15) is 4.79 Å². The van der Waals surface area contributed by atoms with Crippen LogP contribution >= 0.6 is 23.1 Å². The molecule has 1 heterocycles. The maximum atomic E-state index is 12.9. The molecule has 0 aliphatic carbocycles. The normalized spacial score (nSPS) is 10.7.